The summed E-state index contributed by atoms with van der Waals surface area (Å²) in [6.45, 7) is 13.8. The first-order chi connectivity index (χ1) is 8.38. The molecule has 18 heavy (non-hydrogen) atoms. The summed E-state index contributed by atoms with van der Waals surface area (Å²) in [5.41, 5.74) is 3.07. The third kappa shape index (κ3) is 2.81. The highest BCUT2D eigenvalue weighted by Gasteiger charge is 2.35. The van der Waals surface area contributed by atoms with Crippen LogP contribution in [-0.2, 0) is 4.74 Å². The van der Waals surface area contributed by atoms with Crippen LogP contribution in [0.4, 0.5) is 0 Å². The third-order valence-electron chi connectivity index (χ3n) is 4.60. The van der Waals surface area contributed by atoms with Crippen LogP contribution in [0, 0.1) is 17.3 Å². The fourth-order valence-corrected chi connectivity index (χ4v) is 3.23. The largest absolute Gasteiger partial charge is 0.497 e. The molecule has 0 aromatic carbocycles. The van der Waals surface area contributed by atoms with Gasteiger partial charge in [0.2, 0.25) is 0 Å². The Morgan fingerprint density at radius 3 is 2.33 bits per heavy atom. The molecule has 1 aliphatic carbocycles. The fraction of sp³-hybridized carbons (Fsp3) is 0.765. The summed E-state index contributed by atoms with van der Waals surface area (Å²) in [5, 5.41) is 0. The van der Waals surface area contributed by atoms with Crippen LogP contribution < -0.4 is 0 Å². The topological polar surface area (TPSA) is 9.23 Å². The van der Waals surface area contributed by atoms with Gasteiger partial charge < -0.3 is 4.74 Å². The highest BCUT2D eigenvalue weighted by atomic mass is 16.5. The Bertz CT molecular complexity index is 347. The smallest absolute Gasteiger partial charge is 0.121 e. The maximum atomic E-state index is 5.71. The Balaban J connectivity index is 3.24. The molecule has 0 N–H and O–H groups in total. The van der Waals surface area contributed by atoms with Crippen LogP contribution in [0.5, 0.6) is 0 Å². The van der Waals surface area contributed by atoms with Gasteiger partial charge in [-0.25, -0.2) is 0 Å². The van der Waals surface area contributed by atoms with Gasteiger partial charge in [-0.2, -0.15) is 0 Å². The lowest BCUT2D eigenvalue weighted by Gasteiger charge is -2.39. The molecule has 104 valence electrons. The molecular weight excluding hydrogens is 220 g/mol. The Kier molecular flexibility index (Phi) is 5.07. The van der Waals surface area contributed by atoms with Crippen molar-refractivity contribution in [3.8, 4) is 0 Å². The van der Waals surface area contributed by atoms with E-state index in [4.69, 9.17) is 4.74 Å². The maximum Gasteiger partial charge on any atom is 0.121 e. The molecule has 2 atom stereocenters. The molecule has 0 heterocycles. The summed E-state index contributed by atoms with van der Waals surface area (Å²) in [7, 11) is 1.81. The van der Waals surface area contributed by atoms with Crippen LogP contribution in [0.25, 0.3) is 0 Å². The van der Waals surface area contributed by atoms with E-state index in [9.17, 15) is 0 Å². The van der Waals surface area contributed by atoms with E-state index in [-0.39, 0.29) is 5.41 Å². The Labute approximate surface area is 113 Å². The van der Waals surface area contributed by atoms with Crippen LogP contribution in [0.2, 0.25) is 0 Å². The van der Waals surface area contributed by atoms with E-state index in [0.29, 0.717) is 11.8 Å². The van der Waals surface area contributed by atoms with E-state index in [1.807, 2.05) is 7.11 Å². The standard InChI is InChI=1S/C17H30O/c1-8-10-14-11-12(3)16(18-7)15(13(14)4)17(5,6)9-2/h11,13-14H,8-10H2,1-7H3. The average Bonchev–Trinajstić information content (AvgIpc) is 2.32. The molecule has 0 bridgehead atoms. The highest BCUT2D eigenvalue weighted by Crippen LogP contribution is 2.46. The van der Waals surface area contributed by atoms with E-state index in [1.165, 1.54) is 24.0 Å². The van der Waals surface area contributed by atoms with E-state index >= 15 is 0 Å². The van der Waals surface area contributed by atoms with Crippen molar-refractivity contribution < 1.29 is 4.74 Å². The van der Waals surface area contributed by atoms with Crippen LogP contribution in [-0.4, -0.2) is 7.11 Å². The minimum Gasteiger partial charge on any atom is -0.497 e. The van der Waals surface area contributed by atoms with Crippen LogP contribution in [0.1, 0.15) is 60.8 Å². The summed E-state index contributed by atoms with van der Waals surface area (Å²) in [4.78, 5) is 0. The monoisotopic (exact) mass is 250 g/mol. The van der Waals surface area contributed by atoms with Crippen LogP contribution >= 0.6 is 0 Å². The van der Waals surface area contributed by atoms with Crippen molar-refractivity contribution in [1.29, 1.82) is 0 Å². The fourth-order valence-electron chi connectivity index (χ4n) is 3.23. The SMILES string of the molecule is CCCC1C=C(C)C(OC)=C(C(C)(C)CC)C1C. The molecule has 0 saturated carbocycles. The van der Waals surface area contributed by atoms with Crippen molar-refractivity contribution in [2.75, 3.05) is 7.11 Å². The number of hydrogen-bond acceptors (Lipinski definition) is 1. The van der Waals surface area contributed by atoms with Crippen molar-refractivity contribution >= 4 is 0 Å². The molecule has 2 unspecified atom stereocenters. The van der Waals surface area contributed by atoms with Gasteiger partial charge in [0, 0.05) is 0 Å². The molecule has 0 saturated heterocycles. The van der Waals surface area contributed by atoms with E-state index in [0.717, 1.165) is 12.2 Å². The van der Waals surface area contributed by atoms with Gasteiger partial charge in [0.15, 0.2) is 0 Å². The molecule has 1 nitrogen and oxygen atoms in total. The number of hydrogen-bond donors (Lipinski definition) is 0. The lowest BCUT2D eigenvalue weighted by Crippen LogP contribution is -2.29. The molecule has 0 aliphatic heterocycles. The van der Waals surface area contributed by atoms with Crippen molar-refractivity contribution in [3.63, 3.8) is 0 Å². The Morgan fingerprint density at radius 1 is 1.28 bits per heavy atom. The summed E-state index contributed by atoms with van der Waals surface area (Å²) in [6, 6.07) is 0. The van der Waals surface area contributed by atoms with Gasteiger partial charge in [-0.1, -0.05) is 47.1 Å². The van der Waals surface area contributed by atoms with E-state index in [2.05, 4.69) is 47.6 Å². The first kappa shape index (κ1) is 15.3. The van der Waals surface area contributed by atoms with E-state index in [1.54, 1.807) is 0 Å². The number of allylic oxidation sites excluding steroid dienone is 3. The second-order valence-corrected chi connectivity index (χ2v) is 6.28. The lowest BCUT2D eigenvalue weighted by molar-refractivity contribution is 0.242. The second-order valence-electron chi connectivity index (χ2n) is 6.28. The van der Waals surface area contributed by atoms with Crippen molar-refractivity contribution in [1.82, 2.24) is 0 Å². The molecule has 0 amide bonds. The molecule has 0 aromatic rings. The molecule has 1 aliphatic rings. The predicted octanol–water partition coefficient (Wildman–Crippen LogP) is 5.34. The zero-order valence-corrected chi connectivity index (χ0v) is 13.3. The second kappa shape index (κ2) is 5.95. The van der Waals surface area contributed by atoms with Gasteiger partial charge >= 0.3 is 0 Å². The number of rotatable bonds is 5. The van der Waals surface area contributed by atoms with Gasteiger partial charge in [0.25, 0.3) is 0 Å². The van der Waals surface area contributed by atoms with Crippen LogP contribution in [0.3, 0.4) is 0 Å². The zero-order chi connectivity index (χ0) is 13.9. The van der Waals surface area contributed by atoms with Crippen molar-refractivity contribution in [2.24, 2.45) is 17.3 Å². The van der Waals surface area contributed by atoms with E-state index < -0.39 is 0 Å². The molecule has 1 rings (SSSR count). The minimum absolute atomic E-state index is 0.228. The molecule has 0 radical (unpaired) electrons. The molecular formula is C17H30O. The maximum absolute atomic E-state index is 5.71. The molecule has 0 fully saturated rings. The van der Waals surface area contributed by atoms with Crippen molar-refractivity contribution in [3.05, 3.63) is 23.0 Å². The minimum atomic E-state index is 0.228. The lowest BCUT2D eigenvalue weighted by atomic mass is 9.67. The van der Waals surface area contributed by atoms with Gasteiger partial charge in [-0.05, 0) is 48.2 Å². The number of methoxy groups -OCH3 is 1. The molecule has 0 aromatic heterocycles. The van der Waals surface area contributed by atoms with Gasteiger partial charge in [0.1, 0.15) is 5.76 Å². The summed E-state index contributed by atoms with van der Waals surface area (Å²) < 4.78 is 5.71. The van der Waals surface area contributed by atoms with Gasteiger partial charge in [-0.15, -0.1) is 0 Å². The summed E-state index contributed by atoms with van der Waals surface area (Å²) >= 11 is 0. The molecule has 0 spiro atoms. The van der Waals surface area contributed by atoms with Gasteiger partial charge in [0.05, 0.1) is 7.11 Å². The summed E-state index contributed by atoms with van der Waals surface area (Å²) in [6.07, 6.45) is 6.10. The summed E-state index contributed by atoms with van der Waals surface area (Å²) in [5.74, 6) is 2.41. The number of ether oxygens (including phenoxy) is 1. The quantitative estimate of drug-likeness (QED) is 0.640. The van der Waals surface area contributed by atoms with Gasteiger partial charge in [-0.3, -0.25) is 0 Å². The third-order valence-corrected chi connectivity index (χ3v) is 4.60. The average molecular weight is 250 g/mol. The first-order valence-corrected chi connectivity index (χ1v) is 7.36. The molecule has 1 heteroatoms. The normalized spacial score (nSPS) is 25.2. The van der Waals surface area contributed by atoms with Crippen molar-refractivity contribution in [2.45, 2.75) is 60.8 Å². The highest BCUT2D eigenvalue weighted by molar-refractivity contribution is 5.38. The first-order valence-electron chi connectivity index (χ1n) is 7.36. The predicted molar refractivity (Wildman–Crippen MR) is 79.4 cm³/mol. The Hall–Kier alpha value is -0.720. The Morgan fingerprint density at radius 2 is 1.89 bits per heavy atom. The van der Waals surface area contributed by atoms with Crippen LogP contribution in [0.15, 0.2) is 23.0 Å². The zero-order valence-electron chi connectivity index (χ0n) is 13.3.